The average Bonchev–Trinajstić information content (AvgIpc) is 3.84. The number of nitrogens with zero attached hydrogens (tertiary/aromatic N) is 7. The number of rotatable bonds is 12. The molecule has 2 fully saturated rings. The minimum Gasteiger partial charge on any atom is -0.467 e. The van der Waals surface area contributed by atoms with Crippen molar-refractivity contribution in [3.63, 3.8) is 0 Å². The van der Waals surface area contributed by atoms with E-state index in [4.69, 9.17) is 19.4 Å². The summed E-state index contributed by atoms with van der Waals surface area (Å²) in [6.07, 6.45) is 3.11. The summed E-state index contributed by atoms with van der Waals surface area (Å²) in [5, 5.41) is 0. The number of carbonyl (C=O) groups is 1. The van der Waals surface area contributed by atoms with Gasteiger partial charge >= 0.3 is 12.1 Å². The highest BCUT2D eigenvalue weighted by Gasteiger charge is 2.40. The number of ether oxygens (including phenoxy) is 3. The molecule has 4 aromatic rings. The molecule has 15 heteroatoms. The third-order valence-electron chi connectivity index (χ3n) is 8.85. The first-order valence-electron chi connectivity index (χ1n) is 16.3. The van der Waals surface area contributed by atoms with E-state index in [0.29, 0.717) is 79.0 Å². The number of imidazole rings is 1. The van der Waals surface area contributed by atoms with Crippen LogP contribution in [0.25, 0.3) is 33.9 Å². The molecular formula is C34H41F3N8O4. The summed E-state index contributed by atoms with van der Waals surface area (Å²) in [7, 11) is 4.91. The number of fused-ring (bicyclic) bond motifs is 1. The Morgan fingerprint density at radius 3 is 2.39 bits per heavy atom. The summed E-state index contributed by atoms with van der Waals surface area (Å²) in [5.41, 5.74) is 1.88. The van der Waals surface area contributed by atoms with Gasteiger partial charge < -0.3 is 29.0 Å². The van der Waals surface area contributed by atoms with Gasteiger partial charge in [-0.25, -0.2) is 24.7 Å². The van der Waals surface area contributed by atoms with Gasteiger partial charge in [0.05, 0.1) is 54.9 Å². The second kappa shape index (κ2) is 13.9. The van der Waals surface area contributed by atoms with Crippen LogP contribution in [0.4, 0.5) is 24.7 Å². The van der Waals surface area contributed by atoms with Crippen LogP contribution in [0.2, 0.25) is 0 Å². The molecule has 1 aliphatic carbocycles. The van der Waals surface area contributed by atoms with Crippen LogP contribution >= 0.6 is 0 Å². The number of nitrogens with one attached hydrogen (secondary N) is 1. The summed E-state index contributed by atoms with van der Waals surface area (Å²) < 4.78 is 58.2. The molecular weight excluding hydrogens is 641 g/mol. The van der Waals surface area contributed by atoms with E-state index in [1.807, 2.05) is 11.9 Å². The Morgan fingerprint density at radius 1 is 1.00 bits per heavy atom. The van der Waals surface area contributed by atoms with Crippen molar-refractivity contribution in [3.05, 3.63) is 42.0 Å². The van der Waals surface area contributed by atoms with Crippen molar-refractivity contribution < 1.29 is 32.2 Å². The van der Waals surface area contributed by atoms with Crippen molar-refractivity contribution in [3.8, 4) is 22.8 Å². The van der Waals surface area contributed by atoms with E-state index in [1.54, 1.807) is 25.6 Å². The number of methoxy groups -OCH3 is 2. The molecule has 0 bridgehead atoms. The van der Waals surface area contributed by atoms with Crippen LogP contribution in [0.15, 0.2) is 30.7 Å². The molecule has 49 heavy (non-hydrogen) atoms. The highest BCUT2D eigenvalue weighted by molar-refractivity contribution is 5.91. The second-order valence-corrected chi connectivity index (χ2v) is 13.5. The van der Waals surface area contributed by atoms with Crippen molar-refractivity contribution in [1.29, 1.82) is 0 Å². The minimum atomic E-state index is -4.53. The van der Waals surface area contributed by atoms with Gasteiger partial charge in [-0.05, 0) is 37.8 Å². The number of aromatic amines is 1. The topological polar surface area (TPSA) is 131 Å². The first kappa shape index (κ1) is 34.5. The van der Waals surface area contributed by atoms with Gasteiger partial charge in [0.25, 0.3) is 0 Å². The maximum Gasteiger partial charge on any atom is 0.418 e. The summed E-state index contributed by atoms with van der Waals surface area (Å²) in [4.78, 5) is 41.9. The third-order valence-corrected chi connectivity index (χ3v) is 8.85. The van der Waals surface area contributed by atoms with Crippen molar-refractivity contribution in [2.45, 2.75) is 57.7 Å². The predicted octanol–water partition coefficient (Wildman–Crippen LogP) is 5.64. The molecule has 0 atom stereocenters. The van der Waals surface area contributed by atoms with Crippen LogP contribution in [-0.4, -0.2) is 96.1 Å². The van der Waals surface area contributed by atoms with Gasteiger partial charge in [0.2, 0.25) is 0 Å². The van der Waals surface area contributed by atoms with Gasteiger partial charge in [-0.15, -0.1) is 0 Å². The van der Waals surface area contributed by atoms with E-state index < -0.39 is 17.7 Å². The number of anilines is 2. The van der Waals surface area contributed by atoms with E-state index in [-0.39, 0.29) is 35.3 Å². The van der Waals surface area contributed by atoms with Crippen molar-refractivity contribution in [2.24, 2.45) is 5.41 Å². The van der Waals surface area contributed by atoms with E-state index in [9.17, 15) is 18.0 Å². The number of piperidine rings is 1. The highest BCUT2D eigenvalue weighted by atomic mass is 19.4. The maximum atomic E-state index is 14.1. The summed E-state index contributed by atoms with van der Waals surface area (Å²) in [6.45, 7) is 6.57. The zero-order valence-electron chi connectivity index (χ0n) is 28.3. The molecule has 1 aliphatic heterocycles. The van der Waals surface area contributed by atoms with Crippen LogP contribution in [-0.2, 0) is 25.2 Å². The summed E-state index contributed by atoms with van der Waals surface area (Å²) in [5.74, 6) is 0.573. The molecule has 0 amide bonds. The zero-order valence-corrected chi connectivity index (χ0v) is 28.3. The Hall–Kier alpha value is -4.37. The number of halogens is 3. The van der Waals surface area contributed by atoms with Crippen molar-refractivity contribution in [1.82, 2.24) is 29.9 Å². The molecule has 5 heterocycles. The molecule has 1 saturated carbocycles. The fourth-order valence-corrected chi connectivity index (χ4v) is 6.33. The fraction of sp³-hybridized carbons (Fsp3) is 0.529. The number of hydrogen-bond acceptors (Lipinski definition) is 11. The number of aromatic nitrogens is 6. The first-order chi connectivity index (χ1) is 23.3. The van der Waals surface area contributed by atoms with Crippen molar-refractivity contribution >= 4 is 28.6 Å². The third kappa shape index (κ3) is 7.93. The van der Waals surface area contributed by atoms with E-state index in [2.05, 4.69) is 43.4 Å². The van der Waals surface area contributed by atoms with Gasteiger partial charge in [0.1, 0.15) is 23.6 Å². The van der Waals surface area contributed by atoms with Gasteiger partial charge in [0, 0.05) is 56.9 Å². The normalized spacial score (nSPS) is 16.0. The SMILES string of the molecule is COCC(C)(C)CN(C)c1cc(-c2cnc(C3CC3)c(C(F)(F)F)c2)nc2nc(-c3cnc(N4CCC(OCC(=O)OC)CC4)cn3)[nH]c12. The molecule has 1 saturated heterocycles. The molecule has 2 aliphatic rings. The number of hydrogen-bond donors (Lipinski definition) is 1. The maximum absolute atomic E-state index is 14.1. The number of H-pyrrole nitrogens is 1. The Balaban J connectivity index is 1.30. The van der Waals surface area contributed by atoms with Gasteiger partial charge in [-0.3, -0.25) is 4.98 Å². The molecule has 0 unspecified atom stereocenters. The van der Waals surface area contributed by atoms with Crippen molar-refractivity contribution in [2.75, 3.05) is 63.9 Å². The summed E-state index contributed by atoms with van der Waals surface area (Å²) in [6, 6.07) is 2.92. The van der Waals surface area contributed by atoms with Gasteiger partial charge in [-0.2, -0.15) is 13.2 Å². The monoisotopic (exact) mass is 682 g/mol. The molecule has 4 aromatic heterocycles. The fourth-order valence-electron chi connectivity index (χ4n) is 6.33. The lowest BCUT2D eigenvalue weighted by Crippen LogP contribution is -2.38. The van der Waals surface area contributed by atoms with Crippen LogP contribution in [0.3, 0.4) is 0 Å². The molecule has 12 nitrogen and oxygen atoms in total. The van der Waals surface area contributed by atoms with Crippen LogP contribution in [0.5, 0.6) is 0 Å². The molecule has 1 N–H and O–H groups in total. The number of pyridine rings is 2. The van der Waals surface area contributed by atoms with Gasteiger partial charge in [-0.1, -0.05) is 13.8 Å². The van der Waals surface area contributed by atoms with Crippen LogP contribution < -0.4 is 9.80 Å². The highest BCUT2D eigenvalue weighted by Crippen LogP contribution is 2.46. The lowest BCUT2D eigenvalue weighted by atomic mass is 9.94. The van der Waals surface area contributed by atoms with E-state index in [1.165, 1.54) is 13.3 Å². The predicted molar refractivity (Wildman–Crippen MR) is 177 cm³/mol. The Labute approximate surface area is 282 Å². The Bertz CT molecular complexity index is 1780. The molecule has 262 valence electrons. The number of esters is 1. The quantitative estimate of drug-likeness (QED) is 0.186. The summed E-state index contributed by atoms with van der Waals surface area (Å²) >= 11 is 0. The van der Waals surface area contributed by atoms with E-state index >= 15 is 0 Å². The van der Waals surface area contributed by atoms with Crippen LogP contribution in [0.1, 0.15) is 56.7 Å². The van der Waals surface area contributed by atoms with Gasteiger partial charge in [0.15, 0.2) is 11.5 Å². The smallest absolute Gasteiger partial charge is 0.418 e. The first-order valence-corrected chi connectivity index (χ1v) is 16.3. The Kier molecular flexibility index (Phi) is 9.76. The lowest BCUT2D eigenvalue weighted by Gasteiger charge is -2.32. The van der Waals surface area contributed by atoms with Crippen LogP contribution in [0, 0.1) is 5.41 Å². The molecule has 0 aromatic carbocycles. The van der Waals surface area contributed by atoms with E-state index in [0.717, 1.165) is 18.9 Å². The number of carbonyl (C=O) groups excluding carboxylic acids is 1. The average molecular weight is 683 g/mol. The standard InChI is InChI=1S/C34H41F3N8O4/c1-33(2,19-47-4)18-44(3)26-13-24(21-12-23(34(35,36)37)29(40-14-21)20-6-7-20)41-32-30(26)42-31(43-32)25-15-39-27(16-38-25)45-10-8-22(9-11-45)49-17-28(46)48-5/h12-16,20,22H,6-11,17-19H2,1-5H3,(H,41,42,43). The molecule has 0 spiro atoms. The second-order valence-electron chi connectivity index (χ2n) is 13.5. The number of alkyl halides is 3. The largest absolute Gasteiger partial charge is 0.467 e. The lowest BCUT2D eigenvalue weighted by molar-refractivity contribution is -0.148. The molecule has 0 radical (unpaired) electrons. The zero-order chi connectivity index (χ0) is 34.9. The minimum absolute atomic E-state index is 0.0325. The Morgan fingerprint density at radius 2 is 1.76 bits per heavy atom. The molecule has 6 rings (SSSR count).